The van der Waals surface area contributed by atoms with Gasteiger partial charge in [0, 0.05) is 10.4 Å². The van der Waals surface area contributed by atoms with Crippen molar-refractivity contribution in [3.63, 3.8) is 0 Å². The Morgan fingerprint density at radius 1 is 1.38 bits per heavy atom. The fourth-order valence-corrected chi connectivity index (χ4v) is 1.98. The number of pyridine rings is 1. The zero-order valence-corrected chi connectivity index (χ0v) is 9.93. The Morgan fingerprint density at radius 2 is 2.06 bits per heavy atom. The van der Waals surface area contributed by atoms with Gasteiger partial charge < -0.3 is 5.73 Å². The number of aromatic nitrogens is 1. The van der Waals surface area contributed by atoms with E-state index in [2.05, 4.69) is 4.98 Å². The van der Waals surface area contributed by atoms with Crippen LogP contribution in [0.3, 0.4) is 0 Å². The third kappa shape index (κ3) is 1.72. The molecule has 0 unspecified atom stereocenters. The highest BCUT2D eigenvalue weighted by Gasteiger charge is 2.14. The van der Waals surface area contributed by atoms with Gasteiger partial charge >= 0.3 is 0 Å². The summed E-state index contributed by atoms with van der Waals surface area (Å²) in [5, 5.41) is 1.43. The minimum atomic E-state index is -0.533. The number of hydrogen-bond acceptors (Lipinski definition) is 2. The smallest absolute Gasteiger partial charge is 0.249 e. The molecule has 16 heavy (non-hydrogen) atoms. The molecule has 2 rings (SSSR count). The highest BCUT2D eigenvalue weighted by molar-refractivity contribution is 6.33. The van der Waals surface area contributed by atoms with E-state index in [1.54, 1.807) is 25.1 Å². The van der Waals surface area contributed by atoms with E-state index in [9.17, 15) is 4.79 Å². The van der Waals surface area contributed by atoms with Crippen LogP contribution in [0.25, 0.3) is 10.9 Å². The summed E-state index contributed by atoms with van der Waals surface area (Å²) in [5.41, 5.74) is 6.88. The Labute approximate surface area is 102 Å². The van der Waals surface area contributed by atoms with Gasteiger partial charge in [-0.25, -0.2) is 4.98 Å². The molecule has 0 aliphatic heterocycles. The molecule has 2 N–H and O–H groups in total. The van der Waals surface area contributed by atoms with Gasteiger partial charge in [-0.3, -0.25) is 4.79 Å². The van der Waals surface area contributed by atoms with Crippen LogP contribution in [0.15, 0.2) is 18.2 Å². The Bertz CT molecular complexity index is 596. The number of primary amides is 1. The second kappa shape index (κ2) is 3.92. The number of amides is 1. The molecule has 2 aromatic rings. The van der Waals surface area contributed by atoms with E-state index in [0.717, 1.165) is 0 Å². The predicted octanol–water partition coefficient (Wildman–Crippen LogP) is 2.95. The van der Waals surface area contributed by atoms with Gasteiger partial charge in [-0.15, -0.1) is 0 Å². The summed E-state index contributed by atoms with van der Waals surface area (Å²) in [7, 11) is 0. The SMILES string of the molecule is Cc1c(Cl)nc2ccc(Cl)cc2c1C(N)=O. The van der Waals surface area contributed by atoms with Crippen LogP contribution in [0.5, 0.6) is 0 Å². The second-order valence-electron chi connectivity index (χ2n) is 3.43. The lowest BCUT2D eigenvalue weighted by Crippen LogP contribution is -2.14. The number of carbonyl (C=O) groups is 1. The van der Waals surface area contributed by atoms with Crippen molar-refractivity contribution in [2.24, 2.45) is 5.73 Å². The molecule has 1 heterocycles. The van der Waals surface area contributed by atoms with Crippen LogP contribution in [0.4, 0.5) is 0 Å². The van der Waals surface area contributed by atoms with E-state index in [1.165, 1.54) is 0 Å². The van der Waals surface area contributed by atoms with Crippen LogP contribution in [0.1, 0.15) is 15.9 Å². The maximum Gasteiger partial charge on any atom is 0.249 e. The lowest BCUT2D eigenvalue weighted by molar-refractivity contribution is 0.100. The number of benzene rings is 1. The molecule has 0 spiro atoms. The van der Waals surface area contributed by atoms with Crippen molar-refractivity contribution in [2.45, 2.75) is 6.92 Å². The van der Waals surface area contributed by atoms with Gasteiger partial charge in [0.2, 0.25) is 5.91 Å². The van der Waals surface area contributed by atoms with E-state index in [0.29, 0.717) is 27.1 Å². The van der Waals surface area contributed by atoms with E-state index in [-0.39, 0.29) is 5.15 Å². The monoisotopic (exact) mass is 254 g/mol. The van der Waals surface area contributed by atoms with Gasteiger partial charge in [0.05, 0.1) is 11.1 Å². The standard InChI is InChI=1S/C11H8Cl2N2O/c1-5-9(11(14)16)7-4-6(12)2-3-8(7)15-10(5)13/h2-4H,1H3,(H2,14,16). The molecular formula is C11H8Cl2N2O. The van der Waals surface area contributed by atoms with E-state index < -0.39 is 5.91 Å². The van der Waals surface area contributed by atoms with Crippen molar-refractivity contribution >= 4 is 40.0 Å². The summed E-state index contributed by atoms with van der Waals surface area (Å²) in [6.07, 6.45) is 0. The molecule has 0 radical (unpaired) electrons. The minimum absolute atomic E-state index is 0.281. The summed E-state index contributed by atoms with van der Waals surface area (Å²) in [4.78, 5) is 15.6. The number of nitrogens with zero attached hydrogens (tertiary/aromatic N) is 1. The molecule has 5 heteroatoms. The number of nitrogens with two attached hydrogens (primary N) is 1. The number of halogens is 2. The van der Waals surface area contributed by atoms with Crippen molar-refractivity contribution in [3.05, 3.63) is 39.5 Å². The number of rotatable bonds is 1. The molecular weight excluding hydrogens is 247 g/mol. The van der Waals surface area contributed by atoms with Crippen molar-refractivity contribution in [1.82, 2.24) is 4.98 Å². The highest BCUT2D eigenvalue weighted by atomic mass is 35.5. The average Bonchev–Trinajstić information content (AvgIpc) is 2.20. The van der Waals surface area contributed by atoms with Crippen LogP contribution < -0.4 is 5.73 Å². The number of carbonyl (C=O) groups excluding carboxylic acids is 1. The van der Waals surface area contributed by atoms with E-state index in [4.69, 9.17) is 28.9 Å². The Balaban J connectivity index is 2.96. The quantitative estimate of drug-likeness (QED) is 0.796. The van der Waals surface area contributed by atoms with Crippen LogP contribution in [0, 0.1) is 6.92 Å². The van der Waals surface area contributed by atoms with Gasteiger partial charge in [-0.2, -0.15) is 0 Å². The number of hydrogen-bond donors (Lipinski definition) is 1. The highest BCUT2D eigenvalue weighted by Crippen LogP contribution is 2.27. The van der Waals surface area contributed by atoms with E-state index in [1.807, 2.05) is 0 Å². The van der Waals surface area contributed by atoms with E-state index >= 15 is 0 Å². The van der Waals surface area contributed by atoms with Crippen molar-refractivity contribution in [1.29, 1.82) is 0 Å². The molecule has 1 aromatic carbocycles. The summed E-state index contributed by atoms with van der Waals surface area (Å²) >= 11 is 11.8. The molecule has 1 amide bonds. The predicted molar refractivity (Wildman–Crippen MR) is 65.0 cm³/mol. The summed E-state index contributed by atoms with van der Waals surface area (Å²) in [6.45, 7) is 1.70. The van der Waals surface area contributed by atoms with Gasteiger partial charge in [0.25, 0.3) is 0 Å². The largest absolute Gasteiger partial charge is 0.366 e. The molecule has 0 saturated heterocycles. The summed E-state index contributed by atoms with van der Waals surface area (Å²) in [5.74, 6) is -0.533. The zero-order valence-electron chi connectivity index (χ0n) is 8.42. The van der Waals surface area contributed by atoms with Gasteiger partial charge in [0.15, 0.2) is 0 Å². The second-order valence-corrected chi connectivity index (χ2v) is 4.22. The first-order chi connectivity index (χ1) is 7.50. The molecule has 1 aromatic heterocycles. The maximum absolute atomic E-state index is 11.4. The topological polar surface area (TPSA) is 56.0 Å². The van der Waals surface area contributed by atoms with Gasteiger partial charge in [-0.1, -0.05) is 23.2 Å². The summed E-state index contributed by atoms with van der Waals surface area (Å²) < 4.78 is 0. The Morgan fingerprint density at radius 3 is 2.69 bits per heavy atom. The fourth-order valence-electron chi connectivity index (χ4n) is 1.62. The van der Waals surface area contributed by atoms with Crippen molar-refractivity contribution in [2.75, 3.05) is 0 Å². The molecule has 82 valence electrons. The average molecular weight is 255 g/mol. The molecule has 0 aliphatic carbocycles. The Kier molecular flexibility index (Phi) is 2.74. The molecule has 3 nitrogen and oxygen atoms in total. The van der Waals surface area contributed by atoms with Crippen LogP contribution in [-0.4, -0.2) is 10.9 Å². The normalized spacial score (nSPS) is 10.7. The van der Waals surface area contributed by atoms with Gasteiger partial charge in [0.1, 0.15) is 5.15 Å². The molecule has 0 saturated carbocycles. The molecule has 0 aliphatic rings. The lowest BCUT2D eigenvalue weighted by Gasteiger charge is -2.08. The van der Waals surface area contributed by atoms with Crippen LogP contribution >= 0.6 is 23.2 Å². The summed E-state index contributed by atoms with van der Waals surface area (Å²) in [6, 6.07) is 5.05. The lowest BCUT2D eigenvalue weighted by atomic mass is 10.0. The minimum Gasteiger partial charge on any atom is -0.366 e. The van der Waals surface area contributed by atoms with Crippen molar-refractivity contribution in [3.8, 4) is 0 Å². The first kappa shape index (κ1) is 11.2. The van der Waals surface area contributed by atoms with Crippen LogP contribution in [-0.2, 0) is 0 Å². The molecule has 0 bridgehead atoms. The fraction of sp³-hybridized carbons (Fsp3) is 0.0909. The van der Waals surface area contributed by atoms with Crippen molar-refractivity contribution < 1.29 is 4.79 Å². The first-order valence-electron chi connectivity index (χ1n) is 4.56. The van der Waals surface area contributed by atoms with Gasteiger partial charge in [-0.05, 0) is 30.7 Å². The molecule has 0 atom stereocenters. The third-order valence-corrected chi connectivity index (χ3v) is 2.98. The maximum atomic E-state index is 11.4. The zero-order chi connectivity index (χ0) is 11.9. The Hall–Kier alpha value is -1.32. The number of fused-ring (bicyclic) bond motifs is 1. The first-order valence-corrected chi connectivity index (χ1v) is 5.31. The third-order valence-electron chi connectivity index (χ3n) is 2.38. The molecule has 0 fully saturated rings. The van der Waals surface area contributed by atoms with Crippen LogP contribution in [0.2, 0.25) is 10.2 Å².